The largest absolute Gasteiger partial charge is 0.508 e. The molecule has 7 heteroatoms. The van der Waals surface area contributed by atoms with Crippen LogP contribution in [0.4, 0.5) is 0 Å². The lowest BCUT2D eigenvalue weighted by Gasteiger charge is -2.47. The maximum Gasteiger partial charge on any atom is 0.265 e. The molecule has 1 aliphatic heterocycles. The van der Waals surface area contributed by atoms with Crippen molar-refractivity contribution in [3.05, 3.63) is 62.8 Å². The molecule has 32 heavy (non-hydrogen) atoms. The fourth-order valence-corrected chi connectivity index (χ4v) is 6.52. The van der Waals surface area contributed by atoms with E-state index in [-0.39, 0.29) is 17.7 Å². The summed E-state index contributed by atoms with van der Waals surface area (Å²) in [4.78, 5) is 21.7. The fraction of sp³-hybridized carbons (Fsp3) is 0.480. The molecule has 1 aliphatic rings. The summed E-state index contributed by atoms with van der Waals surface area (Å²) in [5, 5.41) is 10.2. The van der Waals surface area contributed by atoms with Gasteiger partial charge in [0.2, 0.25) is 0 Å². The number of nitrogens with zero attached hydrogens (tertiary/aromatic N) is 3. The van der Waals surface area contributed by atoms with Gasteiger partial charge >= 0.3 is 0 Å². The van der Waals surface area contributed by atoms with Gasteiger partial charge in [0, 0.05) is 54.2 Å². The second-order valence-electron chi connectivity index (χ2n) is 8.44. The van der Waals surface area contributed by atoms with Gasteiger partial charge in [-0.2, -0.15) is 0 Å². The van der Waals surface area contributed by atoms with Gasteiger partial charge in [-0.05, 0) is 67.4 Å². The first kappa shape index (κ1) is 25.0. The van der Waals surface area contributed by atoms with Crippen molar-refractivity contribution in [1.29, 1.82) is 0 Å². The molecule has 1 N–H and O–H groups in total. The van der Waals surface area contributed by atoms with Crippen molar-refractivity contribution in [3.63, 3.8) is 0 Å². The van der Waals surface area contributed by atoms with E-state index in [2.05, 4.69) is 58.3 Å². The second-order valence-corrected chi connectivity index (χ2v) is 10.4. The summed E-state index contributed by atoms with van der Waals surface area (Å²) in [5.74, 6) is 0.318. The van der Waals surface area contributed by atoms with Crippen LogP contribution < -0.4 is 0 Å². The van der Waals surface area contributed by atoms with E-state index in [9.17, 15) is 9.90 Å². The second kappa shape index (κ2) is 11.0. The Kier molecular flexibility index (Phi) is 8.55. The number of benzene rings is 1. The van der Waals surface area contributed by atoms with Gasteiger partial charge in [0.1, 0.15) is 10.6 Å². The highest BCUT2D eigenvalue weighted by molar-refractivity contribution is 9.10. The third kappa shape index (κ3) is 5.28. The van der Waals surface area contributed by atoms with Crippen LogP contribution >= 0.6 is 27.3 Å². The van der Waals surface area contributed by atoms with E-state index in [1.165, 1.54) is 0 Å². The van der Waals surface area contributed by atoms with Crippen LogP contribution in [0, 0.1) is 0 Å². The Morgan fingerprint density at radius 3 is 2.62 bits per heavy atom. The number of thiophene rings is 1. The summed E-state index contributed by atoms with van der Waals surface area (Å²) < 4.78 is 0.838. The molecule has 1 amide bonds. The van der Waals surface area contributed by atoms with Crippen LogP contribution in [0.5, 0.6) is 5.75 Å². The Hall–Kier alpha value is -1.67. The van der Waals surface area contributed by atoms with E-state index in [0.717, 1.165) is 39.4 Å². The Labute approximate surface area is 204 Å². The Balaban J connectivity index is 2.03. The van der Waals surface area contributed by atoms with Gasteiger partial charge in [-0.15, -0.1) is 17.9 Å². The maximum atomic E-state index is 13.1. The number of phenolic OH excluding ortho intramolecular Hbond substituents is 1. The Morgan fingerprint density at radius 1 is 1.28 bits per heavy atom. The average molecular weight is 521 g/mol. The van der Waals surface area contributed by atoms with Gasteiger partial charge in [-0.3, -0.25) is 14.6 Å². The number of phenols is 1. The Bertz CT molecular complexity index is 943. The summed E-state index contributed by atoms with van der Waals surface area (Å²) in [6.45, 7) is 16.5. The van der Waals surface area contributed by atoms with Crippen molar-refractivity contribution >= 4 is 33.2 Å². The zero-order valence-corrected chi connectivity index (χ0v) is 21.8. The molecular formula is C25H34BrN3O2S. The lowest BCUT2D eigenvalue weighted by Crippen LogP contribution is -2.57. The summed E-state index contributed by atoms with van der Waals surface area (Å²) in [6.07, 6.45) is 1.97. The fourth-order valence-electron chi connectivity index (χ4n) is 4.54. The maximum absolute atomic E-state index is 13.1. The van der Waals surface area contributed by atoms with E-state index >= 15 is 0 Å². The molecule has 0 radical (unpaired) electrons. The van der Waals surface area contributed by atoms with Crippen molar-refractivity contribution in [2.45, 2.75) is 45.8 Å². The molecule has 3 unspecified atom stereocenters. The number of halogens is 1. The number of hydrogen-bond acceptors (Lipinski definition) is 5. The molecule has 1 fully saturated rings. The lowest BCUT2D eigenvalue weighted by molar-refractivity contribution is 0.0314. The van der Waals surface area contributed by atoms with Crippen molar-refractivity contribution < 1.29 is 9.90 Å². The van der Waals surface area contributed by atoms with Gasteiger partial charge in [0.05, 0.1) is 6.04 Å². The van der Waals surface area contributed by atoms with Crippen molar-refractivity contribution in [1.82, 2.24) is 14.7 Å². The monoisotopic (exact) mass is 519 g/mol. The normalized spacial score (nSPS) is 20.8. The first-order chi connectivity index (χ1) is 15.3. The van der Waals surface area contributed by atoms with E-state index in [1.54, 1.807) is 17.4 Å². The molecule has 1 aromatic carbocycles. The van der Waals surface area contributed by atoms with Crippen LogP contribution in [-0.2, 0) is 0 Å². The predicted octanol–water partition coefficient (Wildman–Crippen LogP) is 5.37. The Morgan fingerprint density at radius 2 is 2.00 bits per heavy atom. The zero-order valence-electron chi connectivity index (χ0n) is 19.4. The summed E-state index contributed by atoms with van der Waals surface area (Å²) >= 11 is 5.21. The number of aromatic hydroxyl groups is 1. The molecule has 3 rings (SSSR count). The standard InChI is InChI=1S/C25H34BrN3O2S/c1-6-12-28-15-18(5)29(16-17(28)4)23(19-10-9-11-20(30)13-19)22-14-21(26)24(32-22)25(31)27(7-2)8-3/h6,9-11,13-14,17-18,23,30H,1,7-8,12,15-16H2,2-5H3. The van der Waals surface area contributed by atoms with Gasteiger partial charge in [-0.25, -0.2) is 0 Å². The molecule has 0 spiro atoms. The van der Waals surface area contributed by atoms with Crippen LogP contribution in [-0.4, -0.2) is 70.5 Å². The topological polar surface area (TPSA) is 47.0 Å². The van der Waals surface area contributed by atoms with Crippen molar-refractivity contribution in [3.8, 4) is 5.75 Å². The predicted molar refractivity (Wildman–Crippen MR) is 137 cm³/mol. The molecule has 1 aromatic heterocycles. The molecule has 3 atom stereocenters. The molecule has 174 valence electrons. The zero-order chi connectivity index (χ0) is 23.4. The van der Waals surface area contributed by atoms with Gasteiger partial charge in [-0.1, -0.05) is 18.2 Å². The lowest BCUT2D eigenvalue weighted by atomic mass is 9.98. The smallest absolute Gasteiger partial charge is 0.265 e. The summed E-state index contributed by atoms with van der Waals surface area (Å²) in [7, 11) is 0. The number of rotatable bonds is 8. The minimum Gasteiger partial charge on any atom is -0.508 e. The van der Waals surface area contributed by atoms with E-state index < -0.39 is 0 Å². The highest BCUT2D eigenvalue weighted by Gasteiger charge is 2.36. The van der Waals surface area contributed by atoms with Crippen LogP contribution in [0.25, 0.3) is 0 Å². The number of carbonyl (C=O) groups excluding carboxylic acids is 1. The molecule has 2 aromatic rings. The minimum atomic E-state index is -0.0371. The third-order valence-electron chi connectivity index (χ3n) is 6.26. The van der Waals surface area contributed by atoms with Crippen LogP contribution in [0.2, 0.25) is 0 Å². The van der Waals surface area contributed by atoms with Crippen molar-refractivity contribution in [2.75, 3.05) is 32.7 Å². The molecule has 0 bridgehead atoms. The first-order valence-corrected chi connectivity index (χ1v) is 12.9. The highest BCUT2D eigenvalue weighted by Crippen LogP contribution is 2.40. The quantitative estimate of drug-likeness (QED) is 0.476. The number of carbonyl (C=O) groups is 1. The van der Waals surface area contributed by atoms with E-state index in [0.29, 0.717) is 25.2 Å². The van der Waals surface area contributed by atoms with Crippen LogP contribution in [0.1, 0.15) is 53.8 Å². The number of piperazine rings is 1. The highest BCUT2D eigenvalue weighted by atomic mass is 79.9. The van der Waals surface area contributed by atoms with Gasteiger partial charge < -0.3 is 10.0 Å². The first-order valence-electron chi connectivity index (χ1n) is 11.3. The van der Waals surface area contributed by atoms with Crippen molar-refractivity contribution in [2.24, 2.45) is 0 Å². The van der Waals surface area contributed by atoms with Gasteiger partial charge in [0.15, 0.2) is 0 Å². The SMILES string of the molecule is C=CCN1CC(C)N(C(c2cccc(O)c2)c2cc(Br)c(C(=O)N(CC)CC)s2)CC1C. The van der Waals surface area contributed by atoms with Gasteiger partial charge in [0.25, 0.3) is 5.91 Å². The average Bonchev–Trinajstić information content (AvgIpc) is 3.13. The number of hydrogen-bond donors (Lipinski definition) is 1. The van der Waals surface area contributed by atoms with Crippen LogP contribution in [0.3, 0.4) is 0 Å². The molecule has 2 heterocycles. The molecule has 5 nitrogen and oxygen atoms in total. The van der Waals surface area contributed by atoms with Crippen LogP contribution in [0.15, 0.2) is 47.5 Å². The minimum absolute atomic E-state index is 0.0371. The summed E-state index contributed by atoms with van der Waals surface area (Å²) in [6, 6.07) is 10.2. The molecule has 0 saturated carbocycles. The molecular weight excluding hydrogens is 486 g/mol. The van der Waals surface area contributed by atoms with E-state index in [4.69, 9.17) is 0 Å². The van der Waals surface area contributed by atoms with E-state index in [1.807, 2.05) is 37.0 Å². The molecule has 0 aliphatic carbocycles. The third-order valence-corrected chi connectivity index (χ3v) is 8.33. The summed E-state index contributed by atoms with van der Waals surface area (Å²) in [5.41, 5.74) is 1.04. The number of amides is 1. The molecule has 1 saturated heterocycles.